The van der Waals surface area contributed by atoms with Gasteiger partial charge in [-0.15, -0.1) is 11.3 Å². The Hall–Kier alpha value is -2.72. The van der Waals surface area contributed by atoms with Crippen LogP contribution in [0.1, 0.15) is 30.8 Å². The van der Waals surface area contributed by atoms with E-state index in [0.29, 0.717) is 24.5 Å². The number of nitrogens with one attached hydrogen (secondary N) is 1. The molecule has 1 atom stereocenters. The normalized spacial score (nSPS) is 17.5. The van der Waals surface area contributed by atoms with E-state index in [2.05, 4.69) is 15.4 Å². The zero-order chi connectivity index (χ0) is 22.0. The molecule has 1 unspecified atom stereocenters. The zero-order valence-corrected chi connectivity index (χ0v) is 19.0. The molecule has 0 radical (unpaired) electrons. The molecule has 4 rings (SSSR count). The summed E-state index contributed by atoms with van der Waals surface area (Å²) >= 11 is 1.46. The van der Waals surface area contributed by atoms with Crippen LogP contribution >= 0.6 is 11.3 Å². The van der Waals surface area contributed by atoms with Crippen LogP contribution in [0, 0.1) is 6.92 Å². The van der Waals surface area contributed by atoms with Crippen LogP contribution < -0.4 is 10.1 Å². The van der Waals surface area contributed by atoms with Gasteiger partial charge in [-0.25, -0.2) is 18.1 Å². The van der Waals surface area contributed by atoms with Gasteiger partial charge in [0, 0.05) is 11.4 Å². The first kappa shape index (κ1) is 21.5. The van der Waals surface area contributed by atoms with Gasteiger partial charge in [-0.2, -0.15) is 5.10 Å². The molecule has 1 aliphatic heterocycles. The fourth-order valence-corrected chi connectivity index (χ4v) is 6.19. The average Bonchev–Trinajstić information content (AvgIpc) is 3.41. The molecule has 0 bridgehead atoms. The minimum absolute atomic E-state index is 0.0473. The fraction of sp³-hybridized carbons (Fsp3) is 0.381. The molecule has 164 valence electrons. The Morgan fingerprint density at radius 2 is 2.16 bits per heavy atom. The number of amides is 1. The summed E-state index contributed by atoms with van der Waals surface area (Å²) in [5.74, 6) is 1.25. The number of hydrogen-bond donors (Lipinski definition) is 1. The minimum atomic E-state index is -3.05. The van der Waals surface area contributed by atoms with Crippen molar-refractivity contribution in [1.29, 1.82) is 0 Å². The second kappa shape index (κ2) is 8.80. The standard InChI is InChI=1S/C21H24N4O4S2/c1-3-29-18-7-5-4-6-17(18)21-22-15(12-30-21)11-20(26)23-19-10-14(2)24-25(19)16-8-9-31(27,28)13-16/h4-7,10,12,16H,3,8-9,11,13H2,1-2H3,(H,23,26). The molecule has 0 spiro atoms. The van der Waals surface area contributed by atoms with Crippen molar-refractivity contribution >= 4 is 32.9 Å². The largest absolute Gasteiger partial charge is 0.493 e. The number of aryl methyl sites for hydroxylation is 1. The number of ether oxygens (including phenoxy) is 1. The number of anilines is 1. The molecule has 1 N–H and O–H groups in total. The van der Waals surface area contributed by atoms with Gasteiger partial charge in [0.1, 0.15) is 16.6 Å². The number of sulfone groups is 1. The van der Waals surface area contributed by atoms with E-state index in [1.54, 1.807) is 10.7 Å². The van der Waals surface area contributed by atoms with Gasteiger partial charge >= 0.3 is 0 Å². The Balaban J connectivity index is 1.46. The number of aromatic nitrogens is 3. The first-order valence-corrected chi connectivity index (χ1v) is 12.8. The first-order valence-electron chi connectivity index (χ1n) is 10.1. The summed E-state index contributed by atoms with van der Waals surface area (Å²) in [7, 11) is -3.05. The molecule has 8 nitrogen and oxygen atoms in total. The highest BCUT2D eigenvalue weighted by Gasteiger charge is 2.31. The van der Waals surface area contributed by atoms with Crippen LogP contribution in [0.5, 0.6) is 5.75 Å². The molecule has 2 aromatic heterocycles. The Morgan fingerprint density at radius 1 is 1.35 bits per heavy atom. The molecule has 1 aliphatic rings. The lowest BCUT2D eigenvalue weighted by atomic mass is 10.2. The molecule has 1 saturated heterocycles. The number of carbonyl (C=O) groups excluding carboxylic acids is 1. The lowest BCUT2D eigenvalue weighted by molar-refractivity contribution is -0.115. The molecule has 1 fully saturated rings. The molecule has 0 aliphatic carbocycles. The van der Waals surface area contributed by atoms with E-state index in [-0.39, 0.29) is 29.9 Å². The molecule has 0 saturated carbocycles. The molecule has 31 heavy (non-hydrogen) atoms. The average molecular weight is 461 g/mol. The number of rotatable bonds is 7. The van der Waals surface area contributed by atoms with Crippen LogP contribution in [0.15, 0.2) is 35.7 Å². The number of para-hydroxylation sites is 1. The van der Waals surface area contributed by atoms with E-state index in [0.717, 1.165) is 22.0 Å². The summed E-state index contributed by atoms with van der Waals surface area (Å²) in [6.45, 7) is 4.31. The van der Waals surface area contributed by atoms with E-state index in [1.165, 1.54) is 11.3 Å². The van der Waals surface area contributed by atoms with Gasteiger partial charge < -0.3 is 10.1 Å². The summed E-state index contributed by atoms with van der Waals surface area (Å²) in [4.78, 5) is 17.3. The molecular formula is C21H24N4O4S2. The predicted molar refractivity (Wildman–Crippen MR) is 120 cm³/mol. The molecule has 1 amide bonds. The van der Waals surface area contributed by atoms with Crippen molar-refractivity contribution in [2.24, 2.45) is 0 Å². The minimum Gasteiger partial charge on any atom is -0.493 e. The monoisotopic (exact) mass is 460 g/mol. The SMILES string of the molecule is CCOc1ccccc1-c1nc(CC(=O)Nc2cc(C)nn2C2CCS(=O)(=O)C2)cs1. The Morgan fingerprint density at radius 3 is 2.90 bits per heavy atom. The van der Waals surface area contributed by atoms with Gasteiger partial charge in [-0.3, -0.25) is 4.79 Å². The van der Waals surface area contributed by atoms with Gasteiger partial charge in [0.25, 0.3) is 0 Å². The van der Waals surface area contributed by atoms with E-state index >= 15 is 0 Å². The zero-order valence-electron chi connectivity index (χ0n) is 17.4. The van der Waals surface area contributed by atoms with Crippen LogP contribution in [0.25, 0.3) is 10.6 Å². The van der Waals surface area contributed by atoms with Crippen molar-refractivity contribution in [3.63, 3.8) is 0 Å². The molecule has 3 aromatic rings. The third-order valence-corrected chi connectivity index (χ3v) is 7.67. The van der Waals surface area contributed by atoms with Crippen molar-refractivity contribution in [3.8, 4) is 16.3 Å². The van der Waals surface area contributed by atoms with Crippen molar-refractivity contribution in [1.82, 2.24) is 14.8 Å². The van der Waals surface area contributed by atoms with Crippen molar-refractivity contribution in [2.45, 2.75) is 32.7 Å². The first-order chi connectivity index (χ1) is 14.8. The quantitative estimate of drug-likeness (QED) is 0.581. The Labute approximate surface area is 185 Å². The number of benzene rings is 1. The molecule has 3 heterocycles. The highest BCUT2D eigenvalue weighted by molar-refractivity contribution is 7.91. The Bertz CT molecular complexity index is 1200. The maximum Gasteiger partial charge on any atom is 0.231 e. The van der Waals surface area contributed by atoms with E-state index < -0.39 is 9.84 Å². The van der Waals surface area contributed by atoms with Gasteiger partial charge in [0.15, 0.2) is 9.84 Å². The highest BCUT2D eigenvalue weighted by atomic mass is 32.2. The smallest absolute Gasteiger partial charge is 0.231 e. The Kier molecular flexibility index (Phi) is 6.10. The van der Waals surface area contributed by atoms with Crippen LogP contribution in [0.3, 0.4) is 0 Å². The van der Waals surface area contributed by atoms with Crippen molar-refractivity contribution < 1.29 is 17.9 Å². The molecule has 10 heteroatoms. The molecular weight excluding hydrogens is 436 g/mol. The number of carbonyl (C=O) groups is 1. The summed E-state index contributed by atoms with van der Waals surface area (Å²) in [5, 5.41) is 9.93. The van der Waals surface area contributed by atoms with E-state index in [9.17, 15) is 13.2 Å². The highest BCUT2D eigenvalue weighted by Crippen LogP contribution is 2.32. The van der Waals surface area contributed by atoms with Gasteiger partial charge in [0.2, 0.25) is 5.91 Å². The second-order valence-corrected chi connectivity index (χ2v) is 10.6. The lowest BCUT2D eigenvalue weighted by Crippen LogP contribution is -2.20. The maximum absolute atomic E-state index is 12.7. The number of thiazole rings is 1. The van der Waals surface area contributed by atoms with E-state index in [4.69, 9.17) is 4.74 Å². The number of nitrogens with zero attached hydrogens (tertiary/aromatic N) is 3. The van der Waals surface area contributed by atoms with Crippen LogP contribution in [0.4, 0.5) is 5.82 Å². The predicted octanol–water partition coefficient (Wildman–Crippen LogP) is 3.25. The summed E-state index contributed by atoms with van der Waals surface area (Å²) in [5.41, 5.74) is 2.29. The summed E-state index contributed by atoms with van der Waals surface area (Å²) in [6, 6.07) is 9.20. The third kappa shape index (κ3) is 4.96. The van der Waals surface area contributed by atoms with Crippen LogP contribution in [-0.4, -0.2) is 47.2 Å². The fourth-order valence-electron chi connectivity index (χ4n) is 3.64. The van der Waals surface area contributed by atoms with Crippen molar-refractivity contribution in [3.05, 3.63) is 47.1 Å². The lowest BCUT2D eigenvalue weighted by Gasteiger charge is -2.13. The summed E-state index contributed by atoms with van der Waals surface area (Å²) < 4.78 is 31.0. The van der Waals surface area contributed by atoms with Gasteiger partial charge in [-0.1, -0.05) is 12.1 Å². The third-order valence-electron chi connectivity index (χ3n) is 4.99. The summed E-state index contributed by atoms with van der Waals surface area (Å²) in [6.07, 6.45) is 0.613. The van der Waals surface area contributed by atoms with Gasteiger partial charge in [-0.05, 0) is 32.4 Å². The maximum atomic E-state index is 12.7. The van der Waals surface area contributed by atoms with Gasteiger partial charge in [0.05, 0.1) is 47.5 Å². The van der Waals surface area contributed by atoms with Crippen molar-refractivity contribution in [2.75, 3.05) is 23.4 Å². The topological polar surface area (TPSA) is 103 Å². The van der Waals surface area contributed by atoms with Crippen LogP contribution in [-0.2, 0) is 21.1 Å². The van der Waals surface area contributed by atoms with Crippen LogP contribution in [0.2, 0.25) is 0 Å². The van der Waals surface area contributed by atoms with E-state index in [1.807, 2.05) is 43.5 Å². The second-order valence-electron chi connectivity index (χ2n) is 7.47. The molecule has 1 aromatic carbocycles. The number of hydrogen-bond acceptors (Lipinski definition) is 7.